The van der Waals surface area contributed by atoms with E-state index in [9.17, 15) is 9.59 Å². The summed E-state index contributed by atoms with van der Waals surface area (Å²) in [5.41, 5.74) is 3.73. The molecule has 1 aliphatic heterocycles. The molecule has 0 bridgehead atoms. The predicted octanol–water partition coefficient (Wildman–Crippen LogP) is 4.96. The van der Waals surface area contributed by atoms with Gasteiger partial charge in [-0.2, -0.15) is 0 Å². The Morgan fingerprint density at radius 1 is 1.03 bits per heavy atom. The molecule has 0 saturated heterocycles. The number of fused-ring (bicyclic) bond motifs is 1. The molecule has 0 aromatic heterocycles. The van der Waals surface area contributed by atoms with Crippen LogP contribution >= 0.6 is 11.6 Å². The van der Waals surface area contributed by atoms with Gasteiger partial charge in [0.25, 0.3) is 0 Å². The molecule has 29 heavy (non-hydrogen) atoms. The van der Waals surface area contributed by atoms with Crippen molar-refractivity contribution in [3.8, 4) is 0 Å². The van der Waals surface area contributed by atoms with Gasteiger partial charge in [0.2, 0.25) is 5.91 Å². The van der Waals surface area contributed by atoms with Crippen molar-refractivity contribution in [1.29, 1.82) is 0 Å². The fourth-order valence-electron chi connectivity index (χ4n) is 3.77. The van der Waals surface area contributed by atoms with Gasteiger partial charge in [0.1, 0.15) is 0 Å². The number of amides is 1. The van der Waals surface area contributed by atoms with Crippen molar-refractivity contribution in [2.45, 2.75) is 19.4 Å². The molecule has 3 aromatic carbocycles. The fourth-order valence-corrected chi connectivity index (χ4v) is 3.95. The van der Waals surface area contributed by atoms with Crippen molar-refractivity contribution in [2.75, 3.05) is 16.8 Å². The molecular formula is C24H21ClN2O2. The van der Waals surface area contributed by atoms with Crippen LogP contribution in [0, 0.1) is 0 Å². The van der Waals surface area contributed by atoms with Gasteiger partial charge in [0.15, 0.2) is 5.78 Å². The minimum atomic E-state index is -0.178. The van der Waals surface area contributed by atoms with Crippen molar-refractivity contribution >= 4 is 34.7 Å². The van der Waals surface area contributed by atoms with Crippen LogP contribution in [0.4, 0.5) is 11.4 Å². The molecule has 0 fully saturated rings. The van der Waals surface area contributed by atoms with Crippen LogP contribution in [0.15, 0.2) is 72.8 Å². The number of carbonyl (C=O) groups is 2. The lowest BCUT2D eigenvalue weighted by atomic mass is 10.0. The summed E-state index contributed by atoms with van der Waals surface area (Å²) < 4.78 is 0. The van der Waals surface area contributed by atoms with Gasteiger partial charge in [-0.1, -0.05) is 60.1 Å². The number of carbonyl (C=O) groups excluding carboxylic acids is 2. The number of hydrogen-bond acceptors (Lipinski definition) is 3. The quantitative estimate of drug-likeness (QED) is 0.611. The van der Waals surface area contributed by atoms with Gasteiger partial charge in [-0.25, -0.2) is 0 Å². The van der Waals surface area contributed by atoms with Gasteiger partial charge in [-0.3, -0.25) is 9.59 Å². The van der Waals surface area contributed by atoms with E-state index in [-0.39, 0.29) is 24.3 Å². The number of benzene rings is 3. The molecule has 0 radical (unpaired) electrons. The monoisotopic (exact) mass is 404 g/mol. The number of rotatable bonds is 5. The Kier molecular flexibility index (Phi) is 5.36. The number of nitrogens with one attached hydrogen (secondary N) is 1. The number of ketones is 1. The maximum atomic E-state index is 12.9. The van der Waals surface area contributed by atoms with Crippen molar-refractivity contribution in [3.63, 3.8) is 0 Å². The molecule has 0 saturated carbocycles. The molecule has 0 aliphatic carbocycles. The Morgan fingerprint density at radius 2 is 1.76 bits per heavy atom. The molecule has 4 nitrogen and oxygen atoms in total. The van der Waals surface area contributed by atoms with E-state index in [0.29, 0.717) is 21.8 Å². The maximum absolute atomic E-state index is 12.9. The standard InChI is InChI=1S/C24H21ClN2O2/c1-16-13-18-9-5-6-10-22(18)27(16)15-23(28)26-21-12-11-19(25)14-20(21)24(29)17-7-3-2-4-8-17/h2-12,14,16H,13,15H2,1H3,(H,26,28)/t16-/m0/s1. The van der Waals surface area contributed by atoms with Crippen LogP contribution in [0.5, 0.6) is 0 Å². The van der Waals surface area contributed by atoms with Gasteiger partial charge in [0, 0.05) is 27.9 Å². The predicted molar refractivity (Wildman–Crippen MR) is 117 cm³/mol. The van der Waals surface area contributed by atoms with E-state index in [1.807, 2.05) is 36.4 Å². The first-order valence-corrected chi connectivity index (χ1v) is 9.94. The molecule has 1 N–H and O–H groups in total. The van der Waals surface area contributed by atoms with E-state index >= 15 is 0 Å². The molecule has 0 spiro atoms. The first-order chi connectivity index (χ1) is 14.0. The highest BCUT2D eigenvalue weighted by atomic mass is 35.5. The number of hydrogen-bond donors (Lipinski definition) is 1. The highest BCUT2D eigenvalue weighted by Crippen LogP contribution is 2.31. The summed E-state index contributed by atoms with van der Waals surface area (Å²) in [6.45, 7) is 2.33. The van der Waals surface area contributed by atoms with Crippen LogP contribution in [-0.2, 0) is 11.2 Å². The van der Waals surface area contributed by atoms with Crippen LogP contribution in [0.3, 0.4) is 0 Å². The van der Waals surface area contributed by atoms with Gasteiger partial charge in [-0.05, 0) is 43.2 Å². The van der Waals surface area contributed by atoms with Crippen LogP contribution < -0.4 is 10.2 Å². The highest BCUT2D eigenvalue weighted by Gasteiger charge is 2.27. The summed E-state index contributed by atoms with van der Waals surface area (Å²) in [6.07, 6.45) is 0.919. The van der Waals surface area contributed by atoms with Crippen LogP contribution in [0.2, 0.25) is 5.02 Å². The molecule has 1 amide bonds. The summed E-state index contributed by atoms with van der Waals surface area (Å²) in [5.74, 6) is -0.346. The number of anilines is 2. The third-order valence-electron chi connectivity index (χ3n) is 5.20. The first kappa shape index (κ1) is 19.2. The van der Waals surface area contributed by atoms with E-state index in [2.05, 4.69) is 23.2 Å². The highest BCUT2D eigenvalue weighted by molar-refractivity contribution is 6.31. The fraction of sp³-hybridized carbons (Fsp3) is 0.167. The molecule has 146 valence electrons. The third-order valence-corrected chi connectivity index (χ3v) is 5.43. The number of halogens is 1. The lowest BCUT2D eigenvalue weighted by molar-refractivity contribution is -0.115. The minimum Gasteiger partial charge on any atom is -0.359 e. The van der Waals surface area contributed by atoms with E-state index in [1.165, 1.54) is 5.56 Å². The van der Waals surface area contributed by atoms with E-state index in [0.717, 1.165) is 12.1 Å². The summed E-state index contributed by atoms with van der Waals surface area (Å²) in [5, 5.41) is 3.36. The van der Waals surface area contributed by atoms with Crippen LogP contribution in [0.25, 0.3) is 0 Å². The molecule has 4 rings (SSSR count). The Balaban J connectivity index is 1.56. The zero-order chi connectivity index (χ0) is 20.4. The van der Waals surface area contributed by atoms with E-state index in [1.54, 1.807) is 30.3 Å². The second-order valence-corrected chi connectivity index (χ2v) is 7.68. The Labute approximate surface area is 175 Å². The van der Waals surface area contributed by atoms with Gasteiger partial charge < -0.3 is 10.2 Å². The SMILES string of the molecule is C[C@H]1Cc2ccccc2N1CC(=O)Nc1ccc(Cl)cc1C(=O)c1ccccc1. The molecule has 1 heterocycles. The van der Waals surface area contributed by atoms with E-state index in [4.69, 9.17) is 11.6 Å². The first-order valence-electron chi connectivity index (χ1n) is 9.56. The van der Waals surface area contributed by atoms with Crippen molar-refractivity contribution < 1.29 is 9.59 Å². The zero-order valence-corrected chi connectivity index (χ0v) is 16.8. The zero-order valence-electron chi connectivity index (χ0n) is 16.1. The smallest absolute Gasteiger partial charge is 0.243 e. The van der Waals surface area contributed by atoms with Crippen LogP contribution in [0.1, 0.15) is 28.4 Å². The average molecular weight is 405 g/mol. The maximum Gasteiger partial charge on any atom is 0.243 e. The van der Waals surface area contributed by atoms with Gasteiger partial charge in [0.05, 0.1) is 12.2 Å². The summed E-state index contributed by atoms with van der Waals surface area (Å²) >= 11 is 6.12. The molecule has 3 aromatic rings. The lowest BCUT2D eigenvalue weighted by Gasteiger charge is -2.24. The number of nitrogens with zero attached hydrogens (tertiary/aromatic N) is 1. The minimum absolute atomic E-state index is 0.169. The average Bonchev–Trinajstić information content (AvgIpc) is 3.04. The molecule has 0 unspecified atom stereocenters. The third kappa shape index (κ3) is 4.03. The summed E-state index contributed by atoms with van der Waals surface area (Å²) in [4.78, 5) is 27.9. The normalized spacial score (nSPS) is 15.1. The molecule has 1 atom stereocenters. The number of para-hydroxylation sites is 1. The Morgan fingerprint density at radius 3 is 2.55 bits per heavy atom. The molecular weight excluding hydrogens is 384 g/mol. The Bertz CT molecular complexity index is 1070. The van der Waals surface area contributed by atoms with Gasteiger partial charge >= 0.3 is 0 Å². The van der Waals surface area contributed by atoms with Crippen molar-refractivity contribution in [1.82, 2.24) is 0 Å². The van der Waals surface area contributed by atoms with Crippen LogP contribution in [-0.4, -0.2) is 24.3 Å². The molecule has 5 heteroatoms. The summed E-state index contributed by atoms with van der Waals surface area (Å²) in [6, 6.07) is 22.3. The second kappa shape index (κ2) is 8.10. The Hall–Kier alpha value is -3.11. The second-order valence-electron chi connectivity index (χ2n) is 7.24. The van der Waals surface area contributed by atoms with E-state index < -0.39 is 0 Å². The van der Waals surface area contributed by atoms with Crippen molar-refractivity contribution in [3.05, 3.63) is 94.5 Å². The topological polar surface area (TPSA) is 49.4 Å². The van der Waals surface area contributed by atoms with Gasteiger partial charge in [-0.15, -0.1) is 0 Å². The van der Waals surface area contributed by atoms with Crippen molar-refractivity contribution in [2.24, 2.45) is 0 Å². The lowest BCUT2D eigenvalue weighted by Crippen LogP contribution is -2.37. The largest absolute Gasteiger partial charge is 0.359 e. The molecule has 1 aliphatic rings. The summed E-state index contributed by atoms with van der Waals surface area (Å²) in [7, 11) is 0.